The molecule has 2 rings (SSSR count). The van der Waals surface area contributed by atoms with Gasteiger partial charge in [0.15, 0.2) is 0 Å². The first-order chi connectivity index (χ1) is 13.7. The van der Waals surface area contributed by atoms with E-state index in [2.05, 4.69) is 4.74 Å². The Kier molecular flexibility index (Phi) is 7.00. The van der Waals surface area contributed by atoms with Gasteiger partial charge in [0.05, 0.1) is 16.3 Å². The standard InChI is InChI=1S/C17H11BrClF7N2O2/c1-2-29-8-28-13(11(7-27)12(19)14(28)15(20,21)22)9-3-5-10(6-4-9)30-17(25,26)16(18,23)24/h3-6H,2,8H2,1H3. The summed E-state index contributed by atoms with van der Waals surface area (Å²) in [6.45, 7) is 0.987. The van der Waals surface area contributed by atoms with Crippen LogP contribution in [0.2, 0.25) is 5.02 Å². The molecule has 0 N–H and O–H groups in total. The van der Waals surface area contributed by atoms with Gasteiger partial charge in [0.25, 0.3) is 0 Å². The Morgan fingerprint density at radius 1 is 1.10 bits per heavy atom. The molecule has 1 aromatic carbocycles. The summed E-state index contributed by atoms with van der Waals surface area (Å²) in [4.78, 5) is -4.66. The molecule has 0 aliphatic heterocycles. The van der Waals surface area contributed by atoms with Crippen LogP contribution >= 0.6 is 27.5 Å². The number of benzene rings is 1. The van der Waals surface area contributed by atoms with E-state index in [0.29, 0.717) is 4.57 Å². The molecule has 0 spiro atoms. The Morgan fingerprint density at radius 3 is 2.10 bits per heavy atom. The van der Waals surface area contributed by atoms with Gasteiger partial charge in [-0.15, -0.1) is 0 Å². The molecule has 0 unspecified atom stereocenters. The second-order valence-corrected chi connectivity index (χ2v) is 7.06. The van der Waals surface area contributed by atoms with Crippen LogP contribution in [0.1, 0.15) is 18.2 Å². The maximum atomic E-state index is 13.5. The lowest BCUT2D eigenvalue weighted by molar-refractivity contribution is -0.266. The van der Waals surface area contributed by atoms with E-state index in [4.69, 9.17) is 16.3 Å². The highest BCUT2D eigenvalue weighted by Crippen LogP contribution is 2.44. The van der Waals surface area contributed by atoms with Gasteiger partial charge in [-0.1, -0.05) is 11.6 Å². The first-order valence-electron chi connectivity index (χ1n) is 7.95. The lowest BCUT2D eigenvalue weighted by Gasteiger charge is -2.22. The number of nitriles is 1. The Balaban J connectivity index is 2.57. The molecular formula is C17H11BrClF7N2O2. The SMILES string of the molecule is CCOCn1c(-c2ccc(OC(F)(F)C(F)(F)Br)cc2)c(C#N)c(Cl)c1C(F)(F)F. The van der Waals surface area contributed by atoms with Gasteiger partial charge >= 0.3 is 17.1 Å². The van der Waals surface area contributed by atoms with Gasteiger partial charge in [-0.2, -0.15) is 36.0 Å². The van der Waals surface area contributed by atoms with Crippen molar-refractivity contribution in [1.82, 2.24) is 4.57 Å². The molecule has 0 aliphatic rings. The second-order valence-electron chi connectivity index (χ2n) is 5.69. The molecule has 0 radical (unpaired) electrons. The van der Waals surface area contributed by atoms with E-state index in [-0.39, 0.29) is 17.9 Å². The second kappa shape index (κ2) is 8.64. The molecule has 1 heterocycles. The lowest BCUT2D eigenvalue weighted by atomic mass is 10.1. The smallest absolute Gasteiger partial charge is 0.427 e. The number of alkyl halides is 8. The van der Waals surface area contributed by atoms with Crippen molar-refractivity contribution in [3.8, 4) is 23.1 Å². The minimum Gasteiger partial charge on any atom is -0.427 e. The van der Waals surface area contributed by atoms with Crippen molar-refractivity contribution in [2.75, 3.05) is 6.61 Å². The maximum Gasteiger partial charge on any atom is 0.475 e. The highest BCUT2D eigenvalue weighted by Gasteiger charge is 2.57. The molecule has 0 aliphatic carbocycles. The minimum atomic E-state index is -4.93. The fourth-order valence-corrected chi connectivity index (χ4v) is 2.89. The van der Waals surface area contributed by atoms with Crippen LogP contribution in [0, 0.1) is 11.3 Å². The van der Waals surface area contributed by atoms with Crippen LogP contribution in [-0.2, 0) is 17.6 Å². The zero-order valence-corrected chi connectivity index (χ0v) is 17.2. The van der Waals surface area contributed by atoms with Gasteiger partial charge in [-0.3, -0.25) is 0 Å². The summed E-state index contributed by atoms with van der Waals surface area (Å²) in [6, 6.07) is 5.29. The molecule has 0 saturated heterocycles. The number of ether oxygens (including phenoxy) is 2. The third-order valence-corrected chi connectivity index (χ3v) is 4.54. The van der Waals surface area contributed by atoms with Crippen LogP contribution in [0.4, 0.5) is 30.7 Å². The zero-order chi connectivity index (χ0) is 22.9. The van der Waals surface area contributed by atoms with Crippen molar-refractivity contribution in [3.63, 3.8) is 0 Å². The first-order valence-corrected chi connectivity index (χ1v) is 9.12. The van der Waals surface area contributed by atoms with Crippen LogP contribution in [0.15, 0.2) is 24.3 Å². The van der Waals surface area contributed by atoms with E-state index < -0.39 is 45.9 Å². The number of rotatable bonds is 7. The topological polar surface area (TPSA) is 47.2 Å². The van der Waals surface area contributed by atoms with E-state index in [1.54, 1.807) is 6.07 Å². The van der Waals surface area contributed by atoms with E-state index in [1.807, 2.05) is 0 Å². The normalized spacial score (nSPS) is 12.7. The number of halogens is 9. The molecule has 0 saturated carbocycles. The first kappa shape index (κ1) is 24.3. The third-order valence-electron chi connectivity index (χ3n) is 3.71. The summed E-state index contributed by atoms with van der Waals surface area (Å²) in [5.74, 6) is -0.688. The Morgan fingerprint density at radius 2 is 1.67 bits per heavy atom. The lowest BCUT2D eigenvalue weighted by Crippen LogP contribution is -2.40. The predicted octanol–water partition coefficient (Wildman–Crippen LogP) is 6.65. The summed E-state index contributed by atoms with van der Waals surface area (Å²) >= 11 is 7.29. The van der Waals surface area contributed by atoms with Crippen molar-refractivity contribution >= 4 is 27.5 Å². The minimum absolute atomic E-state index is 0.0371. The Labute approximate surface area is 178 Å². The van der Waals surface area contributed by atoms with Gasteiger partial charge in [0.2, 0.25) is 0 Å². The quantitative estimate of drug-likeness (QED) is 0.302. The van der Waals surface area contributed by atoms with E-state index in [0.717, 1.165) is 24.3 Å². The summed E-state index contributed by atoms with van der Waals surface area (Å²) in [7, 11) is 0. The largest absolute Gasteiger partial charge is 0.475 e. The van der Waals surface area contributed by atoms with E-state index in [1.165, 1.54) is 22.9 Å². The number of hydrogen-bond donors (Lipinski definition) is 0. The molecule has 164 valence electrons. The summed E-state index contributed by atoms with van der Waals surface area (Å²) in [6.07, 6.45) is -9.82. The van der Waals surface area contributed by atoms with Crippen molar-refractivity contribution < 1.29 is 40.2 Å². The average Bonchev–Trinajstić information content (AvgIpc) is 2.90. The van der Waals surface area contributed by atoms with Crippen molar-refractivity contribution in [1.29, 1.82) is 5.26 Å². The third kappa shape index (κ3) is 4.84. The number of aromatic nitrogens is 1. The highest BCUT2D eigenvalue weighted by atomic mass is 79.9. The average molecular weight is 524 g/mol. The molecule has 13 heteroatoms. The van der Waals surface area contributed by atoms with Crippen LogP contribution in [-0.4, -0.2) is 22.1 Å². The van der Waals surface area contributed by atoms with E-state index >= 15 is 0 Å². The van der Waals surface area contributed by atoms with Crippen LogP contribution in [0.25, 0.3) is 11.3 Å². The van der Waals surface area contributed by atoms with Crippen molar-refractivity contribution in [2.45, 2.75) is 30.8 Å². The Hall–Kier alpha value is -1.97. The molecule has 30 heavy (non-hydrogen) atoms. The van der Waals surface area contributed by atoms with Gasteiger partial charge in [-0.05, 0) is 36.8 Å². The number of nitrogens with zero attached hydrogens (tertiary/aromatic N) is 2. The van der Waals surface area contributed by atoms with Crippen LogP contribution < -0.4 is 4.74 Å². The van der Waals surface area contributed by atoms with Crippen LogP contribution in [0.5, 0.6) is 5.75 Å². The van der Waals surface area contributed by atoms with Crippen LogP contribution in [0.3, 0.4) is 0 Å². The molecule has 0 atom stereocenters. The molecular weight excluding hydrogens is 513 g/mol. The molecule has 0 amide bonds. The van der Waals surface area contributed by atoms with Crippen molar-refractivity contribution in [3.05, 3.63) is 40.5 Å². The summed E-state index contributed by atoms with van der Waals surface area (Å²) in [5, 5.41) is 8.46. The Bertz CT molecular complexity index is 947. The van der Waals surface area contributed by atoms with E-state index in [9.17, 15) is 36.0 Å². The van der Waals surface area contributed by atoms with Gasteiger partial charge in [0.1, 0.15) is 24.2 Å². The maximum absolute atomic E-state index is 13.5. The molecule has 1 aromatic heterocycles. The van der Waals surface area contributed by atoms with Gasteiger partial charge in [0, 0.05) is 22.5 Å². The molecule has 0 bridgehead atoms. The van der Waals surface area contributed by atoms with Crippen molar-refractivity contribution in [2.24, 2.45) is 0 Å². The molecule has 2 aromatic rings. The molecule has 0 fully saturated rings. The summed E-state index contributed by atoms with van der Waals surface area (Å²) < 4.78 is 102. The fraction of sp³-hybridized carbons (Fsp3) is 0.353. The molecule has 4 nitrogen and oxygen atoms in total. The zero-order valence-electron chi connectivity index (χ0n) is 14.8. The number of hydrogen-bond acceptors (Lipinski definition) is 3. The fourth-order valence-electron chi connectivity index (χ4n) is 2.47. The van der Waals surface area contributed by atoms with Gasteiger partial charge in [-0.25, -0.2) is 0 Å². The monoisotopic (exact) mass is 522 g/mol. The summed E-state index contributed by atoms with van der Waals surface area (Å²) in [5.41, 5.74) is -2.16. The van der Waals surface area contributed by atoms with Gasteiger partial charge < -0.3 is 14.0 Å². The predicted molar refractivity (Wildman–Crippen MR) is 95.7 cm³/mol. The highest BCUT2D eigenvalue weighted by molar-refractivity contribution is 9.10.